The van der Waals surface area contributed by atoms with Crippen LogP contribution in [-0.4, -0.2) is 145 Å². The lowest BCUT2D eigenvalue weighted by atomic mass is 10.3. The molecule has 2 aliphatic rings. The van der Waals surface area contributed by atoms with E-state index >= 15 is 0 Å². The van der Waals surface area contributed by atoms with E-state index in [0.29, 0.717) is 75.8 Å². The van der Waals surface area contributed by atoms with Crippen molar-refractivity contribution in [2.24, 2.45) is 0 Å². The molecule has 0 aliphatic carbocycles. The zero-order valence-electron chi connectivity index (χ0n) is 25.0. The number of anilines is 2. The zero-order valence-corrected chi connectivity index (χ0v) is 26.6. The number of rotatable bonds is 12. The van der Waals surface area contributed by atoms with Crippen molar-refractivity contribution in [1.82, 2.24) is 29.6 Å². The summed E-state index contributed by atoms with van der Waals surface area (Å²) in [4.78, 5) is 66.2. The number of piperazine rings is 2. The standard InChI is InChI=1S/C28H38N8O6S2/c1-3-41-25(39)17-35-9-5-33(6-10-35)15-23(37)31-27-29-19-13-20-22(14-21(19)43-27)44-28(30-20)32-24(38)16-34-7-11-36(12-8-34)18-26(40)42-4-2/h13-14H,3-12,15-18H2,1-2H3,(H,29,31,37)(H,30,32,38). The van der Waals surface area contributed by atoms with E-state index in [-0.39, 0.29) is 49.9 Å². The second kappa shape index (κ2) is 15.1. The average molecular weight is 647 g/mol. The van der Waals surface area contributed by atoms with Gasteiger partial charge in [-0.1, -0.05) is 22.7 Å². The number of hydrogen-bond donors (Lipinski definition) is 2. The van der Waals surface area contributed by atoms with Gasteiger partial charge in [0.2, 0.25) is 11.8 Å². The second-order valence-electron chi connectivity index (χ2n) is 10.6. The van der Waals surface area contributed by atoms with Crippen molar-refractivity contribution in [3.8, 4) is 0 Å². The topological polar surface area (TPSA) is 150 Å². The molecule has 44 heavy (non-hydrogen) atoms. The molecule has 5 rings (SSSR count). The first kappa shape index (κ1) is 32.1. The van der Waals surface area contributed by atoms with Crippen molar-refractivity contribution in [2.75, 3.05) is 102 Å². The second-order valence-corrected chi connectivity index (χ2v) is 12.7. The van der Waals surface area contributed by atoms with E-state index in [1.54, 1.807) is 13.8 Å². The summed E-state index contributed by atoms with van der Waals surface area (Å²) in [5.74, 6) is -0.705. The molecule has 4 heterocycles. The summed E-state index contributed by atoms with van der Waals surface area (Å²) in [6, 6.07) is 3.85. The van der Waals surface area contributed by atoms with Crippen molar-refractivity contribution in [2.45, 2.75) is 13.8 Å². The van der Waals surface area contributed by atoms with Crippen LogP contribution in [-0.2, 0) is 28.7 Å². The lowest BCUT2D eigenvalue weighted by Crippen LogP contribution is -2.49. The van der Waals surface area contributed by atoms with Crippen LogP contribution in [0.2, 0.25) is 0 Å². The van der Waals surface area contributed by atoms with E-state index in [9.17, 15) is 19.2 Å². The molecule has 0 atom stereocenters. The SMILES string of the molecule is CCOC(=O)CN1CCN(CC(=O)Nc2nc3cc4nc(NC(=O)CN5CCN(CC(=O)OCC)CC5)sc4cc3s2)CC1. The van der Waals surface area contributed by atoms with Gasteiger partial charge in [0.25, 0.3) is 0 Å². The first-order chi connectivity index (χ1) is 21.3. The minimum atomic E-state index is -0.221. The van der Waals surface area contributed by atoms with Crippen LogP contribution in [0.15, 0.2) is 12.1 Å². The number of thiazole rings is 2. The summed E-state index contributed by atoms with van der Waals surface area (Å²) in [7, 11) is 0. The van der Waals surface area contributed by atoms with Gasteiger partial charge in [0.15, 0.2) is 10.3 Å². The molecule has 14 nitrogen and oxygen atoms in total. The van der Waals surface area contributed by atoms with Gasteiger partial charge in [-0.25, -0.2) is 9.97 Å². The number of hydrogen-bond acceptors (Lipinski definition) is 14. The minimum absolute atomic E-state index is 0.131. The highest BCUT2D eigenvalue weighted by Crippen LogP contribution is 2.34. The smallest absolute Gasteiger partial charge is 0.320 e. The van der Waals surface area contributed by atoms with Gasteiger partial charge in [-0.3, -0.25) is 38.8 Å². The highest BCUT2D eigenvalue weighted by Gasteiger charge is 2.23. The number of aromatic nitrogens is 2. The summed E-state index contributed by atoms with van der Waals surface area (Å²) in [6.07, 6.45) is 0. The molecule has 2 fully saturated rings. The lowest BCUT2D eigenvalue weighted by Gasteiger charge is -2.33. The number of benzene rings is 1. The Hall–Kier alpha value is -3.28. The van der Waals surface area contributed by atoms with Crippen molar-refractivity contribution in [3.63, 3.8) is 0 Å². The molecule has 3 aromatic rings. The van der Waals surface area contributed by atoms with Crippen LogP contribution in [0.4, 0.5) is 10.3 Å². The van der Waals surface area contributed by atoms with Gasteiger partial charge in [-0.15, -0.1) is 0 Å². The van der Waals surface area contributed by atoms with Crippen molar-refractivity contribution in [1.29, 1.82) is 0 Å². The molecule has 1 aromatic carbocycles. The monoisotopic (exact) mass is 646 g/mol. The molecule has 0 spiro atoms. The molecule has 0 radical (unpaired) electrons. The molecule has 0 unspecified atom stereocenters. The number of carbonyl (C=O) groups excluding carboxylic acids is 4. The maximum Gasteiger partial charge on any atom is 0.320 e. The van der Waals surface area contributed by atoms with E-state index in [0.717, 1.165) is 20.4 Å². The lowest BCUT2D eigenvalue weighted by molar-refractivity contribution is -0.145. The van der Waals surface area contributed by atoms with E-state index < -0.39 is 0 Å². The van der Waals surface area contributed by atoms with E-state index in [1.165, 1.54) is 22.7 Å². The molecule has 2 amide bonds. The molecule has 2 saturated heterocycles. The molecule has 2 aromatic heterocycles. The van der Waals surface area contributed by atoms with Crippen LogP contribution in [0.3, 0.4) is 0 Å². The van der Waals surface area contributed by atoms with Crippen molar-refractivity contribution < 1.29 is 28.7 Å². The van der Waals surface area contributed by atoms with E-state index in [4.69, 9.17) is 9.47 Å². The largest absolute Gasteiger partial charge is 0.465 e. The Labute approximate surface area is 263 Å². The van der Waals surface area contributed by atoms with E-state index in [2.05, 4.69) is 30.4 Å². The summed E-state index contributed by atoms with van der Waals surface area (Å²) in [6.45, 7) is 11.0. The predicted molar refractivity (Wildman–Crippen MR) is 169 cm³/mol. The van der Waals surface area contributed by atoms with Gasteiger partial charge in [-0.05, 0) is 26.0 Å². The Morgan fingerprint density at radius 2 is 1.00 bits per heavy atom. The Morgan fingerprint density at radius 1 is 0.636 bits per heavy atom. The van der Waals surface area contributed by atoms with Crippen LogP contribution >= 0.6 is 22.7 Å². The van der Waals surface area contributed by atoms with Gasteiger partial charge in [0, 0.05) is 52.4 Å². The van der Waals surface area contributed by atoms with Crippen LogP contribution in [0.25, 0.3) is 20.4 Å². The quantitative estimate of drug-likeness (QED) is 0.272. The van der Waals surface area contributed by atoms with Crippen molar-refractivity contribution in [3.05, 3.63) is 12.1 Å². The third kappa shape index (κ3) is 8.89. The average Bonchev–Trinajstić information content (AvgIpc) is 3.55. The van der Waals surface area contributed by atoms with Gasteiger partial charge in [-0.2, -0.15) is 0 Å². The highest BCUT2D eigenvalue weighted by molar-refractivity contribution is 7.24. The number of carbonyl (C=O) groups is 4. The minimum Gasteiger partial charge on any atom is -0.465 e. The Kier molecular flexibility index (Phi) is 11.1. The van der Waals surface area contributed by atoms with Crippen LogP contribution in [0, 0.1) is 0 Å². The highest BCUT2D eigenvalue weighted by atomic mass is 32.1. The maximum atomic E-state index is 12.7. The molecule has 2 N–H and O–H groups in total. The summed E-state index contributed by atoms with van der Waals surface area (Å²) in [5, 5.41) is 6.88. The third-order valence-corrected chi connectivity index (χ3v) is 9.24. The number of esters is 2. The fourth-order valence-electron chi connectivity index (χ4n) is 5.17. The number of nitrogens with zero attached hydrogens (tertiary/aromatic N) is 6. The van der Waals surface area contributed by atoms with Gasteiger partial charge < -0.3 is 20.1 Å². The third-order valence-electron chi connectivity index (χ3n) is 7.37. The first-order valence-electron chi connectivity index (χ1n) is 14.8. The van der Waals surface area contributed by atoms with Gasteiger partial charge in [0.05, 0.1) is 59.8 Å². The Bertz CT molecular complexity index is 1320. The fraction of sp³-hybridized carbons (Fsp3) is 0.571. The summed E-state index contributed by atoms with van der Waals surface area (Å²) < 4.78 is 11.9. The van der Waals surface area contributed by atoms with Crippen molar-refractivity contribution >= 4 is 77.1 Å². The fourth-order valence-corrected chi connectivity index (χ4v) is 7.05. The molecule has 0 saturated carbocycles. The number of ether oxygens (including phenoxy) is 2. The molecule has 0 bridgehead atoms. The molecular formula is C28H38N8O6S2. The summed E-state index contributed by atoms with van der Waals surface area (Å²) >= 11 is 2.80. The number of fused-ring (bicyclic) bond motifs is 2. The van der Waals surface area contributed by atoms with E-state index in [1.807, 2.05) is 21.9 Å². The first-order valence-corrected chi connectivity index (χ1v) is 16.4. The Balaban J connectivity index is 1.08. The van der Waals surface area contributed by atoms with Gasteiger partial charge >= 0.3 is 11.9 Å². The normalized spacial score (nSPS) is 17.1. The zero-order chi connectivity index (χ0) is 31.1. The van der Waals surface area contributed by atoms with Crippen LogP contribution in [0.1, 0.15) is 13.8 Å². The van der Waals surface area contributed by atoms with Crippen LogP contribution in [0.5, 0.6) is 0 Å². The van der Waals surface area contributed by atoms with Crippen LogP contribution < -0.4 is 10.6 Å². The summed E-state index contributed by atoms with van der Waals surface area (Å²) in [5.41, 5.74) is 1.46. The number of amides is 2. The Morgan fingerprint density at radius 3 is 1.36 bits per heavy atom. The van der Waals surface area contributed by atoms with Gasteiger partial charge in [0.1, 0.15) is 0 Å². The molecular weight excluding hydrogens is 608 g/mol. The molecule has 2 aliphatic heterocycles. The molecule has 238 valence electrons. The predicted octanol–water partition coefficient (Wildman–Crippen LogP) is 1.14. The number of nitrogens with one attached hydrogen (secondary N) is 2. The molecule has 16 heteroatoms. The maximum absolute atomic E-state index is 12.7.